The van der Waals surface area contributed by atoms with Gasteiger partial charge in [-0.05, 0) is 29.8 Å². The first-order valence-electron chi connectivity index (χ1n) is 6.12. The summed E-state index contributed by atoms with van der Waals surface area (Å²) in [5.74, 6) is 0.929. The molecule has 2 aromatic rings. The predicted octanol–water partition coefficient (Wildman–Crippen LogP) is 5.52. The Hall–Kier alpha value is -0.870. The van der Waals surface area contributed by atoms with Crippen LogP contribution in [0.25, 0.3) is 0 Å². The van der Waals surface area contributed by atoms with E-state index in [4.69, 9.17) is 34.8 Å². The zero-order chi connectivity index (χ0) is 15.2. The van der Waals surface area contributed by atoms with Crippen LogP contribution in [0.15, 0.2) is 42.5 Å². The molecule has 0 bridgehead atoms. The quantitative estimate of drug-likeness (QED) is 0.760. The zero-order valence-electron chi connectivity index (χ0n) is 10.9. The average Bonchev–Trinajstić information content (AvgIpc) is 2.44. The van der Waals surface area contributed by atoms with E-state index in [1.54, 1.807) is 18.2 Å². The standard InChI is InChI=1S/C15H12Cl3NOS/c16-11-4-1-3-10(7-11)8-21-9-14(20)19-13-6-2-5-12(17)15(13)18/h1-7H,8-9H2,(H,19,20). The van der Waals surface area contributed by atoms with Gasteiger partial charge in [0.15, 0.2) is 0 Å². The van der Waals surface area contributed by atoms with Crippen molar-refractivity contribution in [1.82, 2.24) is 0 Å². The van der Waals surface area contributed by atoms with Gasteiger partial charge in [-0.2, -0.15) is 0 Å². The van der Waals surface area contributed by atoms with Crippen LogP contribution < -0.4 is 5.32 Å². The lowest BCUT2D eigenvalue weighted by atomic mass is 10.2. The van der Waals surface area contributed by atoms with Gasteiger partial charge in [0.05, 0.1) is 21.5 Å². The molecular weight excluding hydrogens is 349 g/mol. The van der Waals surface area contributed by atoms with E-state index >= 15 is 0 Å². The highest BCUT2D eigenvalue weighted by atomic mass is 35.5. The number of carbonyl (C=O) groups excluding carboxylic acids is 1. The van der Waals surface area contributed by atoms with Gasteiger partial charge < -0.3 is 5.32 Å². The maximum absolute atomic E-state index is 11.9. The van der Waals surface area contributed by atoms with Crippen molar-refractivity contribution < 1.29 is 4.79 Å². The monoisotopic (exact) mass is 359 g/mol. The Balaban J connectivity index is 1.84. The largest absolute Gasteiger partial charge is 0.324 e. The van der Waals surface area contributed by atoms with E-state index in [2.05, 4.69) is 5.32 Å². The lowest BCUT2D eigenvalue weighted by molar-refractivity contribution is -0.113. The van der Waals surface area contributed by atoms with Crippen LogP contribution in [0.5, 0.6) is 0 Å². The molecule has 0 spiro atoms. The number of anilines is 1. The highest BCUT2D eigenvalue weighted by Crippen LogP contribution is 2.29. The predicted molar refractivity (Wildman–Crippen MR) is 92.7 cm³/mol. The van der Waals surface area contributed by atoms with Gasteiger partial charge in [-0.15, -0.1) is 11.8 Å². The molecule has 0 unspecified atom stereocenters. The summed E-state index contributed by atoms with van der Waals surface area (Å²) in [7, 11) is 0. The first-order valence-corrected chi connectivity index (χ1v) is 8.41. The summed E-state index contributed by atoms with van der Waals surface area (Å²) < 4.78 is 0. The van der Waals surface area contributed by atoms with E-state index in [0.29, 0.717) is 26.5 Å². The molecule has 0 aromatic heterocycles. The minimum atomic E-state index is -0.119. The minimum Gasteiger partial charge on any atom is -0.324 e. The average molecular weight is 361 g/mol. The lowest BCUT2D eigenvalue weighted by Gasteiger charge is -2.08. The topological polar surface area (TPSA) is 29.1 Å². The fourth-order valence-corrected chi connectivity index (χ4v) is 3.01. The second-order valence-electron chi connectivity index (χ2n) is 4.27. The van der Waals surface area contributed by atoms with E-state index < -0.39 is 0 Å². The zero-order valence-corrected chi connectivity index (χ0v) is 14.0. The van der Waals surface area contributed by atoms with E-state index in [1.165, 1.54) is 11.8 Å². The molecule has 0 fully saturated rings. The Morgan fingerprint density at radius 2 is 1.86 bits per heavy atom. The molecule has 0 aliphatic rings. The van der Waals surface area contributed by atoms with E-state index in [-0.39, 0.29) is 5.91 Å². The van der Waals surface area contributed by atoms with Crippen LogP contribution in [0.4, 0.5) is 5.69 Å². The summed E-state index contributed by atoms with van der Waals surface area (Å²) in [4.78, 5) is 11.9. The Morgan fingerprint density at radius 1 is 1.10 bits per heavy atom. The maximum Gasteiger partial charge on any atom is 0.234 e. The summed E-state index contributed by atoms with van der Waals surface area (Å²) in [6.07, 6.45) is 0. The Morgan fingerprint density at radius 3 is 2.62 bits per heavy atom. The molecular formula is C15H12Cl3NOS. The third-order valence-corrected chi connectivity index (χ3v) is 4.67. The van der Waals surface area contributed by atoms with Crippen LogP contribution >= 0.6 is 46.6 Å². The molecule has 110 valence electrons. The molecule has 1 amide bonds. The van der Waals surface area contributed by atoms with Crippen molar-refractivity contribution >= 4 is 58.2 Å². The number of halogens is 3. The third-order valence-electron chi connectivity index (χ3n) is 2.62. The first-order chi connectivity index (χ1) is 10.1. The normalized spacial score (nSPS) is 10.4. The van der Waals surface area contributed by atoms with Crippen LogP contribution in [0.2, 0.25) is 15.1 Å². The highest BCUT2D eigenvalue weighted by molar-refractivity contribution is 7.99. The van der Waals surface area contributed by atoms with Crippen molar-refractivity contribution in [3.8, 4) is 0 Å². The summed E-state index contributed by atoms with van der Waals surface area (Å²) in [6.45, 7) is 0. The number of hydrogen-bond donors (Lipinski definition) is 1. The summed E-state index contributed by atoms with van der Waals surface area (Å²) in [6, 6.07) is 12.7. The van der Waals surface area contributed by atoms with E-state index in [9.17, 15) is 4.79 Å². The summed E-state index contributed by atoms with van der Waals surface area (Å²) in [5, 5.41) is 4.22. The second-order valence-corrected chi connectivity index (χ2v) is 6.48. The van der Waals surface area contributed by atoms with Crippen molar-refractivity contribution in [3.05, 3.63) is 63.1 Å². The fourth-order valence-electron chi connectivity index (χ4n) is 1.67. The SMILES string of the molecule is O=C(CSCc1cccc(Cl)c1)Nc1cccc(Cl)c1Cl. The van der Waals surface area contributed by atoms with Crippen LogP contribution in [0, 0.1) is 0 Å². The third kappa shape index (κ3) is 5.11. The van der Waals surface area contributed by atoms with Gasteiger partial charge in [0.25, 0.3) is 0 Å². The van der Waals surface area contributed by atoms with Crippen LogP contribution in [0.1, 0.15) is 5.56 Å². The maximum atomic E-state index is 11.9. The molecule has 1 N–H and O–H groups in total. The summed E-state index contributed by atoms with van der Waals surface area (Å²) >= 11 is 19.3. The van der Waals surface area contributed by atoms with Crippen LogP contribution in [-0.2, 0) is 10.5 Å². The Labute approximate surface area is 142 Å². The number of thioether (sulfide) groups is 1. The second kappa shape index (κ2) is 7.95. The number of amides is 1. The highest BCUT2D eigenvalue weighted by Gasteiger charge is 2.08. The fraction of sp³-hybridized carbons (Fsp3) is 0.133. The Kier molecular flexibility index (Phi) is 6.24. The van der Waals surface area contributed by atoms with Crippen molar-refractivity contribution in [2.45, 2.75) is 5.75 Å². The number of benzene rings is 2. The molecule has 0 saturated heterocycles. The van der Waals surface area contributed by atoms with Gasteiger partial charge in [0, 0.05) is 10.8 Å². The van der Waals surface area contributed by atoms with Gasteiger partial charge in [0.1, 0.15) is 0 Å². The van der Waals surface area contributed by atoms with Crippen molar-refractivity contribution in [2.24, 2.45) is 0 Å². The molecule has 2 aromatic carbocycles. The van der Waals surface area contributed by atoms with Gasteiger partial charge >= 0.3 is 0 Å². The van der Waals surface area contributed by atoms with Crippen molar-refractivity contribution in [2.75, 3.05) is 11.1 Å². The first kappa shape index (κ1) is 16.5. The molecule has 0 aliphatic heterocycles. The van der Waals surface area contributed by atoms with E-state index in [1.807, 2.05) is 24.3 Å². The van der Waals surface area contributed by atoms with Crippen molar-refractivity contribution in [1.29, 1.82) is 0 Å². The smallest absolute Gasteiger partial charge is 0.234 e. The lowest BCUT2D eigenvalue weighted by Crippen LogP contribution is -2.14. The molecule has 0 saturated carbocycles. The van der Waals surface area contributed by atoms with Crippen LogP contribution in [-0.4, -0.2) is 11.7 Å². The van der Waals surface area contributed by atoms with Crippen molar-refractivity contribution in [3.63, 3.8) is 0 Å². The molecule has 2 nitrogen and oxygen atoms in total. The number of hydrogen-bond acceptors (Lipinski definition) is 2. The number of rotatable bonds is 5. The van der Waals surface area contributed by atoms with Gasteiger partial charge in [0.2, 0.25) is 5.91 Å². The molecule has 0 atom stereocenters. The number of nitrogens with one attached hydrogen (secondary N) is 1. The molecule has 2 rings (SSSR count). The molecule has 0 radical (unpaired) electrons. The van der Waals surface area contributed by atoms with Gasteiger partial charge in [-0.3, -0.25) is 4.79 Å². The summed E-state index contributed by atoms with van der Waals surface area (Å²) in [5.41, 5.74) is 1.61. The van der Waals surface area contributed by atoms with E-state index in [0.717, 1.165) is 11.3 Å². The minimum absolute atomic E-state index is 0.119. The van der Waals surface area contributed by atoms with Gasteiger partial charge in [-0.25, -0.2) is 0 Å². The van der Waals surface area contributed by atoms with Crippen LogP contribution in [0.3, 0.4) is 0 Å². The molecule has 0 heterocycles. The molecule has 6 heteroatoms. The molecule has 21 heavy (non-hydrogen) atoms. The molecule has 0 aliphatic carbocycles. The Bertz CT molecular complexity index is 649. The van der Waals surface area contributed by atoms with Gasteiger partial charge in [-0.1, -0.05) is 53.0 Å². The number of carbonyl (C=O) groups is 1.